The van der Waals surface area contributed by atoms with Crippen LogP contribution in [-0.2, 0) is 0 Å². The molecule has 1 aliphatic heterocycles. The lowest BCUT2D eigenvalue weighted by Gasteiger charge is -2.27. The fourth-order valence-corrected chi connectivity index (χ4v) is 3.84. The smallest absolute Gasteiger partial charge is 0.122 e. The number of phenols is 1. The van der Waals surface area contributed by atoms with Gasteiger partial charge in [-0.1, -0.05) is 13.0 Å². The van der Waals surface area contributed by atoms with E-state index < -0.39 is 0 Å². The van der Waals surface area contributed by atoms with Crippen LogP contribution in [0, 0.1) is 0 Å². The minimum Gasteiger partial charge on any atom is -0.508 e. The lowest BCUT2D eigenvalue weighted by atomic mass is 10.1. The highest BCUT2D eigenvalue weighted by Crippen LogP contribution is 2.31. The number of anilines is 1. The van der Waals surface area contributed by atoms with Crippen LogP contribution in [-0.4, -0.2) is 36.2 Å². The Morgan fingerprint density at radius 1 is 1.53 bits per heavy atom. The van der Waals surface area contributed by atoms with Gasteiger partial charge in [0.15, 0.2) is 0 Å². The van der Waals surface area contributed by atoms with Crippen LogP contribution in [0.4, 0.5) is 5.69 Å². The van der Waals surface area contributed by atoms with Gasteiger partial charge in [0, 0.05) is 42.2 Å². The van der Waals surface area contributed by atoms with Crippen LogP contribution in [0.2, 0.25) is 0 Å². The van der Waals surface area contributed by atoms with E-state index in [4.69, 9.17) is 0 Å². The zero-order valence-electron chi connectivity index (χ0n) is 12.0. The van der Waals surface area contributed by atoms with Crippen molar-refractivity contribution in [2.75, 3.05) is 30.0 Å². The molecule has 0 amide bonds. The van der Waals surface area contributed by atoms with Crippen molar-refractivity contribution in [3.63, 3.8) is 0 Å². The maximum Gasteiger partial charge on any atom is 0.122 e. The predicted octanol–water partition coefficient (Wildman–Crippen LogP) is 3.00. The number of phenolic OH excluding ortho intramolecular Hbond substituents is 1. The van der Waals surface area contributed by atoms with Gasteiger partial charge in [-0.15, -0.1) is 0 Å². The average Bonchev–Trinajstić information content (AvgIpc) is 2.91. The first-order chi connectivity index (χ1) is 9.13. The zero-order chi connectivity index (χ0) is 13.8. The molecule has 0 saturated carbocycles. The standard InChI is InChI=1S/C15H24N2OS/c1-4-16-11(2)14-6-5-12(9-15(14)18)17(3)13-7-8-19-10-13/h5-6,9,11,13,16,18H,4,7-8,10H2,1-3H3. The molecule has 2 rings (SSSR count). The summed E-state index contributed by atoms with van der Waals surface area (Å²) >= 11 is 2.01. The van der Waals surface area contributed by atoms with Crippen molar-refractivity contribution in [2.45, 2.75) is 32.4 Å². The van der Waals surface area contributed by atoms with Crippen LogP contribution in [0.5, 0.6) is 5.75 Å². The maximum absolute atomic E-state index is 10.2. The SMILES string of the molecule is CCNC(C)c1ccc(N(C)C2CCSC2)cc1O. The summed E-state index contributed by atoms with van der Waals surface area (Å²) < 4.78 is 0. The Morgan fingerprint density at radius 3 is 2.89 bits per heavy atom. The highest BCUT2D eigenvalue weighted by molar-refractivity contribution is 7.99. The van der Waals surface area contributed by atoms with Gasteiger partial charge in [-0.3, -0.25) is 0 Å². The molecule has 4 heteroatoms. The number of rotatable bonds is 5. The van der Waals surface area contributed by atoms with Crippen molar-refractivity contribution in [1.29, 1.82) is 0 Å². The Bertz CT molecular complexity index is 419. The van der Waals surface area contributed by atoms with Crippen molar-refractivity contribution >= 4 is 17.4 Å². The minimum absolute atomic E-state index is 0.186. The Balaban J connectivity index is 2.13. The van der Waals surface area contributed by atoms with Crippen LogP contribution in [0.25, 0.3) is 0 Å². The second kappa shape index (κ2) is 6.53. The topological polar surface area (TPSA) is 35.5 Å². The monoisotopic (exact) mass is 280 g/mol. The molecule has 1 heterocycles. The number of nitrogens with one attached hydrogen (secondary N) is 1. The molecule has 2 N–H and O–H groups in total. The molecule has 0 aromatic heterocycles. The van der Waals surface area contributed by atoms with Crippen molar-refractivity contribution < 1.29 is 5.11 Å². The lowest BCUT2D eigenvalue weighted by Crippen LogP contribution is -2.31. The van der Waals surface area contributed by atoms with E-state index in [2.05, 4.69) is 37.2 Å². The van der Waals surface area contributed by atoms with Gasteiger partial charge in [0.1, 0.15) is 5.75 Å². The second-order valence-corrected chi connectivity index (χ2v) is 6.30. The van der Waals surface area contributed by atoms with Crippen LogP contribution in [0.1, 0.15) is 31.9 Å². The summed E-state index contributed by atoms with van der Waals surface area (Å²) in [7, 11) is 2.12. The van der Waals surface area contributed by atoms with E-state index in [0.29, 0.717) is 11.8 Å². The van der Waals surface area contributed by atoms with E-state index in [-0.39, 0.29) is 6.04 Å². The second-order valence-electron chi connectivity index (χ2n) is 5.15. The molecule has 1 aromatic rings. The normalized spacial score (nSPS) is 20.5. The first-order valence-electron chi connectivity index (χ1n) is 7.00. The van der Waals surface area contributed by atoms with E-state index in [0.717, 1.165) is 17.8 Å². The quantitative estimate of drug-likeness (QED) is 0.869. The molecule has 1 aromatic carbocycles. The molecular weight excluding hydrogens is 256 g/mol. The predicted molar refractivity (Wildman–Crippen MR) is 84.3 cm³/mol. The number of nitrogens with zero attached hydrogens (tertiary/aromatic N) is 1. The summed E-state index contributed by atoms with van der Waals surface area (Å²) in [6.45, 7) is 5.06. The molecule has 0 spiro atoms. The third-order valence-electron chi connectivity index (χ3n) is 3.85. The summed E-state index contributed by atoms with van der Waals surface area (Å²) in [5.74, 6) is 2.83. The number of aromatic hydroxyl groups is 1. The maximum atomic E-state index is 10.2. The molecule has 1 aliphatic rings. The summed E-state index contributed by atoms with van der Waals surface area (Å²) in [4.78, 5) is 2.29. The van der Waals surface area contributed by atoms with Crippen molar-refractivity contribution in [2.24, 2.45) is 0 Å². The third-order valence-corrected chi connectivity index (χ3v) is 5.00. The number of hydrogen-bond donors (Lipinski definition) is 2. The molecule has 0 bridgehead atoms. The van der Waals surface area contributed by atoms with Crippen LogP contribution in [0.3, 0.4) is 0 Å². The lowest BCUT2D eigenvalue weighted by molar-refractivity contribution is 0.454. The number of hydrogen-bond acceptors (Lipinski definition) is 4. The Labute approximate surface area is 120 Å². The molecule has 3 nitrogen and oxygen atoms in total. The number of benzene rings is 1. The Morgan fingerprint density at radius 2 is 2.32 bits per heavy atom. The Kier molecular flexibility index (Phi) is 4.99. The van der Waals surface area contributed by atoms with Crippen molar-refractivity contribution in [1.82, 2.24) is 5.32 Å². The third kappa shape index (κ3) is 3.37. The van der Waals surface area contributed by atoms with Crippen molar-refractivity contribution in [3.8, 4) is 5.75 Å². The van der Waals surface area contributed by atoms with Crippen LogP contribution < -0.4 is 10.2 Å². The molecule has 0 radical (unpaired) electrons. The summed E-state index contributed by atoms with van der Waals surface area (Å²) in [6.07, 6.45) is 1.23. The van der Waals surface area contributed by atoms with Gasteiger partial charge in [0.2, 0.25) is 0 Å². The van der Waals surface area contributed by atoms with Gasteiger partial charge >= 0.3 is 0 Å². The fraction of sp³-hybridized carbons (Fsp3) is 0.600. The van der Waals surface area contributed by atoms with E-state index >= 15 is 0 Å². The number of thioether (sulfide) groups is 1. The van der Waals surface area contributed by atoms with E-state index in [1.165, 1.54) is 17.9 Å². The van der Waals surface area contributed by atoms with Crippen LogP contribution in [0.15, 0.2) is 18.2 Å². The molecule has 19 heavy (non-hydrogen) atoms. The highest BCUT2D eigenvalue weighted by atomic mass is 32.2. The highest BCUT2D eigenvalue weighted by Gasteiger charge is 2.21. The van der Waals surface area contributed by atoms with Crippen LogP contribution >= 0.6 is 11.8 Å². The average molecular weight is 280 g/mol. The minimum atomic E-state index is 0.186. The van der Waals surface area contributed by atoms with Crippen molar-refractivity contribution in [3.05, 3.63) is 23.8 Å². The van der Waals surface area contributed by atoms with E-state index in [1.807, 2.05) is 23.9 Å². The molecule has 1 saturated heterocycles. The summed E-state index contributed by atoms with van der Waals surface area (Å²) in [6, 6.07) is 6.84. The van der Waals surface area contributed by atoms with Gasteiger partial charge in [-0.2, -0.15) is 11.8 Å². The first kappa shape index (κ1) is 14.5. The fourth-order valence-electron chi connectivity index (χ4n) is 2.57. The Hall–Kier alpha value is -0.870. The zero-order valence-corrected chi connectivity index (χ0v) is 12.8. The molecule has 106 valence electrons. The molecule has 2 atom stereocenters. The van der Waals surface area contributed by atoms with E-state index in [9.17, 15) is 5.11 Å². The first-order valence-corrected chi connectivity index (χ1v) is 8.15. The van der Waals surface area contributed by atoms with Gasteiger partial charge in [-0.05, 0) is 31.7 Å². The molecule has 0 aliphatic carbocycles. The van der Waals surface area contributed by atoms with Gasteiger partial charge in [0.25, 0.3) is 0 Å². The summed E-state index contributed by atoms with van der Waals surface area (Å²) in [5.41, 5.74) is 2.08. The molecule has 2 unspecified atom stereocenters. The molecular formula is C15H24N2OS. The van der Waals surface area contributed by atoms with Gasteiger partial charge in [-0.25, -0.2) is 0 Å². The van der Waals surface area contributed by atoms with E-state index in [1.54, 1.807) is 0 Å². The summed E-state index contributed by atoms with van der Waals surface area (Å²) in [5, 5.41) is 13.5. The van der Waals surface area contributed by atoms with Gasteiger partial charge < -0.3 is 15.3 Å². The largest absolute Gasteiger partial charge is 0.508 e. The molecule has 1 fully saturated rings. The van der Waals surface area contributed by atoms with Gasteiger partial charge in [0.05, 0.1) is 0 Å².